The molecule has 1 aromatic carbocycles. The van der Waals surface area contributed by atoms with Crippen molar-refractivity contribution < 1.29 is 14.3 Å². The standard InChI is InChI=1S/C22H31N3O3/c26-21-10-7-17-16-19(8-9-20(17)23-21)28-15-3-6-22(27)25-13-11-24(12-14-25)18-4-1-2-5-18/h8-9,16,18H,1-7,10-15H2,(H,23,26). The van der Waals surface area contributed by atoms with Gasteiger partial charge in [-0.3, -0.25) is 14.5 Å². The summed E-state index contributed by atoms with van der Waals surface area (Å²) in [7, 11) is 0. The molecule has 4 rings (SSSR count). The van der Waals surface area contributed by atoms with E-state index in [2.05, 4.69) is 10.2 Å². The molecule has 0 radical (unpaired) electrons. The smallest absolute Gasteiger partial charge is 0.224 e. The number of rotatable bonds is 6. The second-order valence-electron chi connectivity index (χ2n) is 8.17. The van der Waals surface area contributed by atoms with Gasteiger partial charge in [0.1, 0.15) is 5.75 Å². The number of anilines is 1. The van der Waals surface area contributed by atoms with Gasteiger partial charge in [-0.2, -0.15) is 0 Å². The number of piperazine rings is 1. The number of carbonyl (C=O) groups is 2. The molecule has 0 atom stereocenters. The Hall–Kier alpha value is -2.08. The van der Waals surface area contributed by atoms with Crippen molar-refractivity contribution in [1.82, 2.24) is 9.80 Å². The Bertz CT molecular complexity index is 707. The van der Waals surface area contributed by atoms with Gasteiger partial charge in [0.05, 0.1) is 6.61 Å². The van der Waals surface area contributed by atoms with E-state index in [0.29, 0.717) is 19.4 Å². The van der Waals surface area contributed by atoms with Crippen LogP contribution in [0.2, 0.25) is 0 Å². The van der Waals surface area contributed by atoms with E-state index in [1.54, 1.807) is 0 Å². The number of hydrogen-bond donors (Lipinski definition) is 1. The SMILES string of the molecule is O=C1CCc2cc(OCCCC(=O)N3CCN(C4CCCC4)CC3)ccc2N1. The van der Waals surface area contributed by atoms with Crippen LogP contribution in [0, 0.1) is 0 Å². The van der Waals surface area contributed by atoms with Gasteiger partial charge in [0.25, 0.3) is 0 Å². The summed E-state index contributed by atoms with van der Waals surface area (Å²) in [5, 5.41) is 2.88. The van der Waals surface area contributed by atoms with Crippen molar-refractivity contribution in [3.63, 3.8) is 0 Å². The number of amides is 2. The van der Waals surface area contributed by atoms with E-state index in [1.807, 2.05) is 23.1 Å². The van der Waals surface area contributed by atoms with Crippen LogP contribution in [0.25, 0.3) is 0 Å². The zero-order valence-electron chi connectivity index (χ0n) is 16.6. The molecule has 1 aromatic rings. The van der Waals surface area contributed by atoms with Crippen LogP contribution >= 0.6 is 0 Å². The van der Waals surface area contributed by atoms with Gasteiger partial charge in [-0.15, -0.1) is 0 Å². The predicted octanol–water partition coefficient (Wildman–Crippen LogP) is 2.82. The number of nitrogens with zero attached hydrogens (tertiary/aromatic N) is 2. The van der Waals surface area contributed by atoms with Gasteiger partial charge in [-0.05, 0) is 49.4 Å². The molecule has 28 heavy (non-hydrogen) atoms. The number of nitrogens with one attached hydrogen (secondary N) is 1. The fourth-order valence-electron chi connectivity index (χ4n) is 4.63. The van der Waals surface area contributed by atoms with Crippen molar-refractivity contribution in [2.75, 3.05) is 38.1 Å². The summed E-state index contributed by atoms with van der Waals surface area (Å²) in [6.45, 7) is 4.33. The van der Waals surface area contributed by atoms with E-state index in [9.17, 15) is 9.59 Å². The lowest BCUT2D eigenvalue weighted by molar-refractivity contribution is -0.133. The summed E-state index contributed by atoms with van der Waals surface area (Å²) in [4.78, 5) is 28.5. The Kier molecular flexibility index (Phi) is 6.15. The molecule has 0 aromatic heterocycles. The van der Waals surface area contributed by atoms with Crippen molar-refractivity contribution in [3.05, 3.63) is 23.8 Å². The van der Waals surface area contributed by atoms with Crippen LogP contribution in [0.3, 0.4) is 0 Å². The van der Waals surface area contributed by atoms with E-state index in [4.69, 9.17) is 4.74 Å². The molecular formula is C22H31N3O3. The number of hydrogen-bond acceptors (Lipinski definition) is 4. The molecule has 2 aliphatic heterocycles. The largest absolute Gasteiger partial charge is 0.494 e. The monoisotopic (exact) mass is 385 g/mol. The van der Waals surface area contributed by atoms with Crippen molar-refractivity contribution in [2.45, 2.75) is 57.4 Å². The fourth-order valence-corrected chi connectivity index (χ4v) is 4.63. The summed E-state index contributed by atoms with van der Waals surface area (Å²) in [6.07, 6.45) is 7.95. The molecule has 2 fully saturated rings. The summed E-state index contributed by atoms with van der Waals surface area (Å²) >= 11 is 0. The van der Waals surface area contributed by atoms with Crippen molar-refractivity contribution in [1.29, 1.82) is 0 Å². The Balaban J connectivity index is 1.15. The highest BCUT2D eigenvalue weighted by Crippen LogP contribution is 2.27. The van der Waals surface area contributed by atoms with Gasteiger partial charge in [-0.25, -0.2) is 0 Å². The summed E-state index contributed by atoms with van der Waals surface area (Å²) < 4.78 is 5.83. The molecule has 1 saturated carbocycles. The van der Waals surface area contributed by atoms with E-state index in [-0.39, 0.29) is 11.8 Å². The molecule has 2 heterocycles. The van der Waals surface area contributed by atoms with Crippen LogP contribution in [0.1, 0.15) is 50.5 Å². The van der Waals surface area contributed by atoms with Crippen molar-refractivity contribution in [2.24, 2.45) is 0 Å². The molecule has 2 amide bonds. The molecule has 1 aliphatic carbocycles. The minimum absolute atomic E-state index is 0.0729. The third-order valence-electron chi connectivity index (χ3n) is 6.28. The third-order valence-corrected chi connectivity index (χ3v) is 6.28. The van der Waals surface area contributed by atoms with Gasteiger partial charge in [-0.1, -0.05) is 12.8 Å². The highest BCUT2D eigenvalue weighted by atomic mass is 16.5. The number of fused-ring (bicyclic) bond motifs is 1. The lowest BCUT2D eigenvalue weighted by atomic mass is 10.0. The topological polar surface area (TPSA) is 61.9 Å². The van der Waals surface area contributed by atoms with E-state index in [0.717, 1.165) is 62.1 Å². The van der Waals surface area contributed by atoms with Gasteiger partial charge in [0.15, 0.2) is 0 Å². The summed E-state index contributed by atoms with van der Waals surface area (Å²) in [6, 6.07) is 6.54. The molecule has 0 bridgehead atoms. The van der Waals surface area contributed by atoms with Crippen LogP contribution in [-0.2, 0) is 16.0 Å². The molecule has 6 heteroatoms. The van der Waals surface area contributed by atoms with Crippen LogP contribution in [0.5, 0.6) is 5.75 Å². The average Bonchev–Trinajstić information content (AvgIpc) is 3.26. The molecule has 1 saturated heterocycles. The number of aryl methyl sites for hydroxylation is 1. The molecular weight excluding hydrogens is 354 g/mol. The number of carbonyl (C=O) groups excluding carboxylic acids is 2. The van der Waals surface area contributed by atoms with E-state index < -0.39 is 0 Å². The number of benzene rings is 1. The number of ether oxygens (including phenoxy) is 1. The van der Waals surface area contributed by atoms with Crippen LogP contribution < -0.4 is 10.1 Å². The molecule has 6 nitrogen and oxygen atoms in total. The maximum absolute atomic E-state index is 12.5. The molecule has 0 unspecified atom stereocenters. The van der Waals surface area contributed by atoms with Gasteiger partial charge < -0.3 is 15.0 Å². The molecule has 0 spiro atoms. The van der Waals surface area contributed by atoms with Crippen LogP contribution in [0.4, 0.5) is 5.69 Å². The highest BCUT2D eigenvalue weighted by molar-refractivity contribution is 5.94. The van der Waals surface area contributed by atoms with Gasteiger partial charge >= 0.3 is 0 Å². The minimum atomic E-state index is 0.0729. The average molecular weight is 386 g/mol. The fraction of sp³-hybridized carbons (Fsp3) is 0.636. The second-order valence-corrected chi connectivity index (χ2v) is 8.17. The first-order valence-corrected chi connectivity index (χ1v) is 10.8. The Labute approximate surface area is 167 Å². The highest BCUT2D eigenvalue weighted by Gasteiger charge is 2.27. The Morgan fingerprint density at radius 2 is 1.89 bits per heavy atom. The third kappa shape index (κ3) is 4.66. The predicted molar refractivity (Wildman–Crippen MR) is 109 cm³/mol. The molecule has 1 N–H and O–H groups in total. The minimum Gasteiger partial charge on any atom is -0.494 e. The maximum atomic E-state index is 12.5. The van der Waals surface area contributed by atoms with Crippen molar-refractivity contribution in [3.8, 4) is 5.75 Å². The summed E-state index contributed by atoms with van der Waals surface area (Å²) in [5.74, 6) is 1.14. The normalized spacial score (nSPS) is 20.7. The molecule has 3 aliphatic rings. The Morgan fingerprint density at radius 1 is 1.11 bits per heavy atom. The lowest BCUT2D eigenvalue weighted by Gasteiger charge is -2.38. The molecule has 152 valence electrons. The van der Waals surface area contributed by atoms with Gasteiger partial charge in [0.2, 0.25) is 11.8 Å². The zero-order valence-corrected chi connectivity index (χ0v) is 16.6. The quantitative estimate of drug-likeness (QED) is 0.765. The maximum Gasteiger partial charge on any atom is 0.224 e. The first-order valence-electron chi connectivity index (χ1n) is 10.8. The summed E-state index contributed by atoms with van der Waals surface area (Å²) in [5.41, 5.74) is 2.00. The van der Waals surface area contributed by atoms with Gasteiger partial charge in [0, 0.05) is 50.7 Å². The van der Waals surface area contributed by atoms with Crippen molar-refractivity contribution >= 4 is 17.5 Å². The first-order chi connectivity index (χ1) is 13.7. The van der Waals surface area contributed by atoms with E-state index >= 15 is 0 Å². The van der Waals surface area contributed by atoms with E-state index in [1.165, 1.54) is 25.7 Å². The first kappa shape index (κ1) is 19.2. The van der Waals surface area contributed by atoms with Crippen LogP contribution in [-0.4, -0.2) is 60.4 Å². The van der Waals surface area contributed by atoms with Crippen LogP contribution in [0.15, 0.2) is 18.2 Å². The lowest BCUT2D eigenvalue weighted by Crippen LogP contribution is -2.51. The second kappa shape index (κ2) is 8.95. The Morgan fingerprint density at radius 3 is 2.68 bits per heavy atom. The zero-order chi connectivity index (χ0) is 19.3.